The van der Waals surface area contributed by atoms with E-state index in [0.29, 0.717) is 18.7 Å². The first-order chi connectivity index (χ1) is 9.82. The highest BCUT2D eigenvalue weighted by Crippen LogP contribution is 2.31. The molecule has 0 bridgehead atoms. The molecule has 2 nitrogen and oxygen atoms in total. The predicted molar refractivity (Wildman–Crippen MR) is 79.9 cm³/mol. The molecular weight excluding hydrogens is 277 g/mol. The van der Waals surface area contributed by atoms with Crippen LogP contribution in [0.4, 0.5) is 13.2 Å². The van der Waals surface area contributed by atoms with Crippen molar-refractivity contribution in [1.29, 1.82) is 0 Å². The van der Waals surface area contributed by atoms with E-state index >= 15 is 0 Å². The van der Waals surface area contributed by atoms with Gasteiger partial charge in [-0.15, -0.1) is 0 Å². The van der Waals surface area contributed by atoms with E-state index in [1.165, 1.54) is 12.1 Å². The quantitative estimate of drug-likeness (QED) is 0.823. The number of hydrogen-bond donors (Lipinski definition) is 1. The van der Waals surface area contributed by atoms with Crippen LogP contribution in [-0.2, 0) is 12.7 Å². The molecule has 5 heteroatoms. The summed E-state index contributed by atoms with van der Waals surface area (Å²) < 4.78 is 38.4. The van der Waals surface area contributed by atoms with Crippen LogP contribution in [0.5, 0.6) is 0 Å². The van der Waals surface area contributed by atoms with Crippen molar-refractivity contribution in [2.24, 2.45) is 5.73 Å². The average molecular weight is 302 g/mol. The van der Waals surface area contributed by atoms with Crippen molar-refractivity contribution in [3.8, 4) is 0 Å². The number of likely N-dealkylation sites (N-methyl/N-ethyl adjacent to an activating group) is 1. The molecule has 21 heavy (non-hydrogen) atoms. The van der Waals surface area contributed by atoms with Crippen molar-refractivity contribution in [3.05, 3.63) is 35.4 Å². The van der Waals surface area contributed by atoms with E-state index in [-0.39, 0.29) is 5.54 Å². The Bertz CT molecular complexity index is 431. The lowest BCUT2D eigenvalue weighted by Crippen LogP contribution is -2.52. The molecule has 0 fully saturated rings. The molecule has 0 aliphatic heterocycles. The number of nitrogens with zero attached hydrogens (tertiary/aromatic N) is 1. The van der Waals surface area contributed by atoms with Crippen molar-refractivity contribution in [1.82, 2.24) is 4.90 Å². The second-order valence-electron chi connectivity index (χ2n) is 5.35. The van der Waals surface area contributed by atoms with Crippen LogP contribution in [0.3, 0.4) is 0 Å². The van der Waals surface area contributed by atoms with Crippen LogP contribution in [-0.4, -0.2) is 23.5 Å². The Kier molecular flexibility index (Phi) is 6.23. The lowest BCUT2D eigenvalue weighted by Gasteiger charge is -2.42. The van der Waals surface area contributed by atoms with Gasteiger partial charge in [-0.1, -0.05) is 39.0 Å². The number of nitrogens with two attached hydrogens (primary N) is 1. The molecule has 0 radical (unpaired) electrons. The summed E-state index contributed by atoms with van der Waals surface area (Å²) in [7, 11) is 0. The summed E-state index contributed by atoms with van der Waals surface area (Å²) in [6, 6.07) is 5.55. The van der Waals surface area contributed by atoms with Gasteiger partial charge in [-0.2, -0.15) is 13.2 Å². The Labute approximate surface area is 125 Å². The molecule has 1 rings (SSSR count). The van der Waals surface area contributed by atoms with Crippen molar-refractivity contribution in [2.45, 2.75) is 51.9 Å². The molecule has 0 amide bonds. The minimum absolute atomic E-state index is 0.150. The van der Waals surface area contributed by atoms with E-state index in [2.05, 4.69) is 18.7 Å². The Morgan fingerprint density at radius 1 is 1.10 bits per heavy atom. The summed E-state index contributed by atoms with van der Waals surface area (Å²) in [6.45, 7) is 7.92. The third-order valence-electron chi connectivity index (χ3n) is 4.38. The first-order valence-electron chi connectivity index (χ1n) is 7.44. The van der Waals surface area contributed by atoms with Gasteiger partial charge in [0.25, 0.3) is 0 Å². The standard InChI is InChI=1S/C16H25F3N2/c1-4-15(5-2,12-20)21(6-3)11-13-8-7-9-14(10-13)16(17,18)19/h7-10H,4-6,11-12,20H2,1-3H3. The first-order valence-corrected chi connectivity index (χ1v) is 7.44. The van der Waals surface area contributed by atoms with Gasteiger partial charge in [-0.25, -0.2) is 0 Å². The molecule has 0 aliphatic rings. The van der Waals surface area contributed by atoms with Gasteiger partial charge in [-0.05, 0) is 31.0 Å². The molecule has 0 saturated heterocycles. The Morgan fingerprint density at radius 2 is 1.71 bits per heavy atom. The molecule has 0 saturated carbocycles. The molecule has 0 unspecified atom stereocenters. The van der Waals surface area contributed by atoms with Crippen LogP contribution in [0.1, 0.15) is 44.7 Å². The van der Waals surface area contributed by atoms with Crippen LogP contribution >= 0.6 is 0 Å². The molecule has 1 aromatic carbocycles. The maximum Gasteiger partial charge on any atom is 0.416 e. The molecule has 0 aromatic heterocycles. The van der Waals surface area contributed by atoms with Gasteiger partial charge < -0.3 is 5.73 Å². The van der Waals surface area contributed by atoms with Gasteiger partial charge in [-0.3, -0.25) is 4.90 Å². The maximum absolute atomic E-state index is 12.8. The van der Waals surface area contributed by atoms with Gasteiger partial charge in [0, 0.05) is 18.6 Å². The zero-order valence-corrected chi connectivity index (χ0v) is 13.0. The van der Waals surface area contributed by atoms with Gasteiger partial charge in [0.1, 0.15) is 0 Å². The fourth-order valence-corrected chi connectivity index (χ4v) is 2.80. The highest BCUT2D eigenvalue weighted by molar-refractivity contribution is 5.25. The number of halogens is 3. The fourth-order valence-electron chi connectivity index (χ4n) is 2.80. The van der Waals surface area contributed by atoms with Gasteiger partial charge in [0.2, 0.25) is 0 Å². The fraction of sp³-hybridized carbons (Fsp3) is 0.625. The number of alkyl halides is 3. The molecular formula is C16H25F3N2. The molecule has 1 aromatic rings. The van der Waals surface area contributed by atoms with Crippen molar-refractivity contribution in [2.75, 3.05) is 13.1 Å². The minimum atomic E-state index is -4.30. The summed E-state index contributed by atoms with van der Waals surface area (Å²) in [5.74, 6) is 0. The number of rotatable bonds is 7. The van der Waals surface area contributed by atoms with Gasteiger partial charge in [0.05, 0.1) is 5.56 Å². The van der Waals surface area contributed by atoms with E-state index in [1.54, 1.807) is 6.07 Å². The SMILES string of the molecule is CCN(Cc1cccc(C(F)(F)F)c1)C(CC)(CC)CN. The molecule has 0 aliphatic carbocycles. The van der Waals surface area contributed by atoms with E-state index < -0.39 is 11.7 Å². The highest BCUT2D eigenvalue weighted by Gasteiger charge is 2.33. The summed E-state index contributed by atoms with van der Waals surface area (Å²) in [5.41, 5.74) is 5.86. The zero-order valence-electron chi connectivity index (χ0n) is 13.0. The van der Waals surface area contributed by atoms with Crippen molar-refractivity contribution in [3.63, 3.8) is 0 Å². The predicted octanol–water partition coefficient (Wildman–Crippen LogP) is 4.04. The van der Waals surface area contributed by atoms with E-state index in [1.807, 2.05) is 6.92 Å². The average Bonchev–Trinajstić information content (AvgIpc) is 2.47. The Hall–Kier alpha value is -1.07. The number of benzene rings is 1. The largest absolute Gasteiger partial charge is 0.416 e. The van der Waals surface area contributed by atoms with E-state index in [0.717, 1.165) is 25.5 Å². The van der Waals surface area contributed by atoms with Crippen LogP contribution in [0.15, 0.2) is 24.3 Å². The molecule has 0 heterocycles. The zero-order chi connectivity index (χ0) is 16.1. The molecule has 0 atom stereocenters. The molecule has 120 valence electrons. The highest BCUT2D eigenvalue weighted by atomic mass is 19.4. The summed E-state index contributed by atoms with van der Waals surface area (Å²) in [5, 5.41) is 0. The third kappa shape index (κ3) is 4.20. The van der Waals surface area contributed by atoms with Crippen LogP contribution < -0.4 is 5.73 Å². The van der Waals surface area contributed by atoms with Gasteiger partial charge in [0.15, 0.2) is 0 Å². The van der Waals surface area contributed by atoms with Crippen LogP contribution in [0.25, 0.3) is 0 Å². The Morgan fingerprint density at radius 3 is 2.14 bits per heavy atom. The smallest absolute Gasteiger partial charge is 0.329 e. The molecule has 0 spiro atoms. The third-order valence-corrected chi connectivity index (χ3v) is 4.38. The van der Waals surface area contributed by atoms with Crippen molar-refractivity contribution < 1.29 is 13.2 Å². The van der Waals surface area contributed by atoms with Crippen molar-refractivity contribution >= 4 is 0 Å². The van der Waals surface area contributed by atoms with E-state index in [9.17, 15) is 13.2 Å². The van der Waals surface area contributed by atoms with E-state index in [4.69, 9.17) is 5.73 Å². The second kappa shape index (κ2) is 7.27. The summed E-state index contributed by atoms with van der Waals surface area (Å²) >= 11 is 0. The van der Waals surface area contributed by atoms with Gasteiger partial charge >= 0.3 is 6.18 Å². The lowest BCUT2D eigenvalue weighted by atomic mass is 9.90. The Balaban J connectivity index is 3.02. The summed E-state index contributed by atoms with van der Waals surface area (Å²) in [6.07, 6.45) is -2.53. The maximum atomic E-state index is 12.8. The van der Waals surface area contributed by atoms with Crippen LogP contribution in [0, 0.1) is 0 Å². The summed E-state index contributed by atoms with van der Waals surface area (Å²) in [4.78, 5) is 2.18. The topological polar surface area (TPSA) is 29.3 Å². The first kappa shape index (κ1) is 18.0. The minimum Gasteiger partial charge on any atom is -0.329 e. The number of hydrogen-bond acceptors (Lipinski definition) is 2. The molecule has 2 N–H and O–H groups in total. The second-order valence-corrected chi connectivity index (χ2v) is 5.35. The lowest BCUT2D eigenvalue weighted by molar-refractivity contribution is -0.137. The normalized spacial score (nSPS) is 13.0. The monoisotopic (exact) mass is 302 g/mol. The van der Waals surface area contributed by atoms with Crippen LogP contribution in [0.2, 0.25) is 0 Å².